The second-order valence-corrected chi connectivity index (χ2v) is 6.07. The van der Waals surface area contributed by atoms with Gasteiger partial charge < -0.3 is 20.0 Å². The predicted octanol–water partition coefficient (Wildman–Crippen LogP) is 0.615. The number of aliphatic carboxylic acids is 1. The van der Waals surface area contributed by atoms with Crippen molar-refractivity contribution in [1.82, 2.24) is 5.32 Å². The Hall–Kier alpha value is -1.10. The van der Waals surface area contributed by atoms with Crippen molar-refractivity contribution in [3.05, 3.63) is 0 Å². The van der Waals surface area contributed by atoms with Crippen LogP contribution in [0.5, 0.6) is 0 Å². The molecule has 0 spiro atoms. The molecule has 0 aliphatic carbocycles. The van der Waals surface area contributed by atoms with Crippen LogP contribution in [0.2, 0.25) is 0 Å². The number of hydrogen-bond acceptors (Lipinski definition) is 4. The molecule has 2 rings (SSSR count). The van der Waals surface area contributed by atoms with Crippen molar-refractivity contribution in [3.63, 3.8) is 0 Å². The summed E-state index contributed by atoms with van der Waals surface area (Å²) in [6, 6.07) is 0.0792. The van der Waals surface area contributed by atoms with Gasteiger partial charge in [-0.15, -0.1) is 0 Å². The van der Waals surface area contributed by atoms with Crippen molar-refractivity contribution in [2.24, 2.45) is 11.8 Å². The predicted molar refractivity (Wildman–Crippen MR) is 71.6 cm³/mol. The Morgan fingerprint density at radius 2 is 1.90 bits per heavy atom. The zero-order valence-electron chi connectivity index (χ0n) is 12.3. The van der Waals surface area contributed by atoms with Gasteiger partial charge in [0.15, 0.2) is 0 Å². The summed E-state index contributed by atoms with van der Waals surface area (Å²) in [5.74, 6) is -2.70. The first kappa shape index (κ1) is 15.3. The SMILES string of the molecule is CCCCCC(C)NC(=O)C1C2CCC(O2)C1C(=O)[O-]. The fourth-order valence-electron chi connectivity index (χ4n) is 3.42. The van der Waals surface area contributed by atoms with Crippen LogP contribution >= 0.6 is 0 Å². The number of ether oxygens (including phenoxy) is 1. The lowest BCUT2D eigenvalue weighted by Gasteiger charge is -2.28. The number of carbonyl (C=O) groups is 2. The van der Waals surface area contributed by atoms with Crippen LogP contribution in [-0.2, 0) is 14.3 Å². The summed E-state index contributed by atoms with van der Waals surface area (Å²) in [6.45, 7) is 4.11. The molecule has 5 heteroatoms. The molecule has 2 fully saturated rings. The molecule has 2 saturated heterocycles. The Morgan fingerprint density at radius 3 is 2.50 bits per heavy atom. The van der Waals surface area contributed by atoms with Crippen molar-refractivity contribution < 1.29 is 19.4 Å². The molecule has 5 atom stereocenters. The minimum absolute atomic E-state index is 0.0792. The van der Waals surface area contributed by atoms with Gasteiger partial charge in [0, 0.05) is 17.9 Å². The lowest BCUT2D eigenvalue weighted by Crippen LogP contribution is -2.49. The third kappa shape index (κ3) is 3.14. The van der Waals surface area contributed by atoms with E-state index in [1.165, 1.54) is 0 Å². The molecule has 20 heavy (non-hydrogen) atoms. The van der Waals surface area contributed by atoms with Gasteiger partial charge in [-0.2, -0.15) is 0 Å². The fourth-order valence-corrected chi connectivity index (χ4v) is 3.42. The summed E-state index contributed by atoms with van der Waals surface area (Å²) in [6.07, 6.45) is 5.22. The van der Waals surface area contributed by atoms with Gasteiger partial charge in [0.1, 0.15) is 0 Å². The van der Waals surface area contributed by atoms with Crippen LogP contribution in [-0.4, -0.2) is 30.1 Å². The van der Waals surface area contributed by atoms with Crippen molar-refractivity contribution >= 4 is 11.9 Å². The van der Waals surface area contributed by atoms with Gasteiger partial charge in [0.2, 0.25) is 5.91 Å². The first-order chi connectivity index (χ1) is 9.54. The Bertz CT molecular complexity index is 371. The molecule has 0 aromatic carbocycles. The number of carboxylic acid groups (broad SMARTS) is 1. The number of nitrogens with one attached hydrogen (secondary N) is 1. The van der Waals surface area contributed by atoms with Crippen LogP contribution in [0.25, 0.3) is 0 Å². The van der Waals surface area contributed by atoms with Crippen molar-refractivity contribution in [2.75, 3.05) is 0 Å². The first-order valence-corrected chi connectivity index (χ1v) is 7.71. The normalized spacial score (nSPS) is 33.1. The van der Waals surface area contributed by atoms with E-state index in [1.807, 2.05) is 6.92 Å². The molecule has 1 N–H and O–H groups in total. The Balaban J connectivity index is 1.89. The van der Waals surface area contributed by atoms with Crippen LogP contribution in [0.1, 0.15) is 52.4 Å². The molecule has 2 heterocycles. The van der Waals surface area contributed by atoms with Gasteiger partial charge in [0.25, 0.3) is 0 Å². The van der Waals surface area contributed by atoms with Crippen LogP contribution in [0.4, 0.5) is 0 Å². The summed E-state index contributed by atoms with van der Waals surface area (Å²) in [5, 5.41) is 14.2. The molecular formula is C15H24NO4-. The monoisotopic (exact) mass is 282 g/mol. The topological polar surface area (TPSA) is 78.5 Å². The Morgan fingerprint density at radius 1 is 1.25 bits per heavy atom. The Labute approximate surface area is 120 Å². The molecule has 0 saturated carbocycles. The maximum atomic E-state index is 12.3. The first-order valence-electron chi connectivity index (χ1n) is 7.71. The van der Waals surface area contributed by atoms with E-state index in [-0.39, 0.29) is 24.2 Å². The van der Waals surface area contributed by atoms with Crippen molar-refractivity contribution in [2.45, 2.75) is 70.6 Å². The fraction of sp³-hybridized carbons (Fsp3) is 0.867. The summed E-state index contributed by atoms with van der Waals surface area (Å²) in [5.41, 5.74) is 0. The summed E-state index contributed by atoms with van der Waals surface area (Å²) in [7, 11) is 0. The number of fused-ring (bicyclic) bond motifs is 2. The lowest BCUT2D eigenvalue weighted by molar-refractivity contribution is -0.314. The molecule has 0 aromatic rings. The molecule has 2 aliphatic rings. The van der Waals surface area contributed by atoms with Gasteiger partial charge in [-0.1, -0.05) is 26.2 Å². The van der Waals surface area contributed by atoms with Crippen LogP contribution in [0, 0.1) is 11.8 Å². The molecule has 5 unspecified atom stereocenters. The van der Waals surface area contributed by atoms with E-state index < -0.39 is 17.8 Å². The number of unbranched alkanes of at least 4 members (excludes halogenated alkanes) is 2. The quantitative estimate of drug-likeness (QED) is 0.694. The summed E-state index contributed by atoms with van der Waals surface area (Å²) in [4.78, 5) is 23.5. The van der Waals surface area contributed by atoms with Crippen LogP contribution in [0.3, 0.4) is 0 Å². The molecule has 0 radical (unpaired) electrons. The number of carbonyl (C=O) groups excluding carboxylic acids is 2. The molecule has 0 aromatic heterocycles. The number of amides is 1. The van der Waals surface area contributed by atoms with Crippen LogP contribution in [0.15, 0.2) is 0 Å². The van der Waals surface area contributed by atoms with E-state index in [1.54, 1.807) is 0 Å². The van der Waals surface area contributed by atoms with E-state index in [0.717, 1.165) is 38.5 Å². The zero-order valence-corrected chi connectivity index (χ0v) is 12.3. The minimum atomic E-state index is -1.16. The molecule has 5 nitrogen and oxygen atoms in total. The average Bonchev–Trinajstić information content (AvgIpc) is 2.98. The highest BCUT2D eigenvalue weighted by molar-refractivity contribution is 5.86. The third-order valence-electron chi connectivity index (χ3n) is 4.48. The smallest absolute Gasteiger partial charge is 0.226 e. The third-order valence-corrected chi connectivity index (χ3v) is 4.48. The number of rotatable bonds is 7. The van der Waals surface area contributed by atoms with Crippen LogP contribution < -0.4 is 10.4 Å². The van der Waals surface area contributed by atoms with Gasteiger partial charge in [-0.25, -0.2) is 0 Å². The molecule has 114 valence electrons. The van der Waals surface area contributed by atoms with Gasteiger partial charge >= 0.3 is 0 Å². The molecular weight excluding hydrogens is 258 g/mol. The highest BCUT2D eigenvalue weighted by atomic mass is 16.5. The van der Waals surface area contributed by atoms with Gasteiger partial charge in [-0.3, -0.25) is 4.79 Å². The van der Waals surface area contributed by atoms with Gasteiger partial charge in [0.05, 0.1) is 18.1 Å². The molecule has 1 amide bonds. The highest BCUT2D eigenvalue weighted by Gasteiger charge is 2.52. The van der Waals surface area contributed by atoms with E-state index in [2.05, 4.69) is 12.2 Å². The second kappa shape index (κ2) is 6.57. The van der Waals surface area contributed by atoms with E-state index in [4.69, 9.17) is 4.74 Å². The van der Waals surface area contributed by atoms with E-state index in [9.17, 15) is 14.7 Å². The van der Waals surface area contributed by atoms with Gasteiger partial charge in [-0.05, 0) is 26.2 Å². The van der Waals surface area contributed by atoms with Crippen molar-refractivity contribution in [3.8, 4) is 0 Å². The van der Waals surface area contributed by atoms with E-state index in [0.29, 0.717) is 0 Å². The average molecular weight is 282 g/mol. The van der Waals surface area contributed by atoms with Crippen molar-refractivity contribution in [1.29, 1.82) is 0 Å². The minimum Gasteiger partial charge on any atom is -0.550 e. The summed E-state index contributed by atoms with van der Waals surface area (Å²) >= 11 is 0. The Kier molecular flexibility index (Phi) is 5.02. The zero-order chi connectivity index (χ0) is 14.7. The number of hydrogen-bond donors (Lipinski definition) is 1. The van der Waals surface area contributed by atoms with E-state index >= 15 is 0 Å². The maximum absolute atomic E-state index is 12.3. The second-order valence-electron chi connectivity index (χ2n) is 6.07. The molecule has 2 bridgehead atoms. The maximum Gasteiger partial charge on any atom is 0.226 e. The highest BCUT2D eigenvalue weighted by Crippen LogP contribution is 2.43. The largest absolute Gasteiger partial charge is 0.550 e. The lowest BCUT2D eigenvalue weighted by atomic mass is 9.78. The summed E-state index contributed by atoms with van der Waals surface area (Å²) < 4.78 is 5.58. The molecule has 2 aliphatic heterocycles. The standard InChI is InChI=1S/C15H25NO4/c1-3-4-5-6-9(2)16-14(17)12-10-7-8-11(20-10)13(12)15(18)19/h9-13H,3-8H2,1-2H3,(H,16,17)(H,18,19)/p-1. The number of carboxylic acids is 1.